The van der Waals surface area contributed by atoms with Crippen LogP contribution in [0, 0.1) is 5.92 Å². The summed E-state index contributed by atoms with van der Waals surface area (Å²) in [5, 5.41) is 3.72. The molecule has 2 aromatic rings. The molecule has 0 unspecified atom stereocenters. The first-order valence-corrected chi connectivity index (χ1v) is 12.5. The number of amides is 2. The molecule has 0 bridgehead atoms. The van der Waals surface area contributed by atoms with Crippen LogP contribution in [0.4, 0.5) is 0 Å². The van der Waals surface area contributed by atoms with Crippen LogP contribution in [-0.2, 0) is 16.1 Å². The monoisotopic (exact) mass is 556 g/mol. The average Bonchev–Trinajstić information content (AvgIpc) is 2.76. The number of carbonyl (C=O) groups is 2. The number of ether oxygens (including phenoxy) is 1. The molecule has 5 nitrogen and oxygen atoms in total. The molecule has 1 N–H and O–H groups in total. The van der Waals surface area contributed by atoms with Crippen LogP contribution in [0.2, 0.25) is 10.0 Å². The van der Waals surface area contributed by atoms with Gasteiger partial charge in [-0.25, -0.2) is 0 Å². The molecule has 180 valence electrons. The van der Waals surface area contributed by atoms with Gasteiger partial charge in [0.1, 0.15) is 11.8 Å². The Morgan fingerprint density at radius 2 is 1.73 bits per heavy atom. The second-order valence-electron chi connectivity index (χ2n) is 8.72. The number of benzene rings is 2. The molecule has 0 aliphatic heterocycles. The molecule has 0 fully saturated rings. The summed E-state index contributed by atoms with van der Waals surface area (Å²) in [5.74, 6) is 0.713. The molecule has 33 heavy (non-hydrogen) atoms. The molecule has 0 saturated heterocycles. The third-order valence-electron chi connectivity index (χ3n) is 5.16. The maximum absolute atomic E-state index is 13.2. The van der Waals surface area contributed by atoms with Gasteiger partial charge in [0.2, 0.25) is 5.91 Å². The number of rotatable bonds is 10. The van der Waals surface area contributed by atoms with Gasteiger partial charge in [0.25, 0.3) is 5.91 Å². The van der Waals surface area contributed by atoms with Crippen LogP contribution in [0.25, 0.3) is 0 Å². The van der Waals surface area contributed by atoms with Crippen molar-refractivity contribution in [3.63, 3.8) is 0 Å². The molecule has 0 aromatic heterocycles. The van der Waals surface area contributed by atoms with Crippen LogP contribution < -0.4 is 10.1 Å². The van der Waals surface area contributed by atoms with Crippen molar-refractivity contribution in [1.82, 2.24) is 10.2 Å². The summed E-state index contributed by atoms with van der Waals surface area (Å²) in [6.45, 7) is 10.5. The van der Waals surface area contributed by atoms with E-state index in [1.54, 1.807) is 25.1 Å². The van der Waals surface area contributed by atoms with Gasteiger partial charge < -0.3 is 15.0 Å². The largest absolute Gasteiger partial charge is 0.483 e. The fourth-order valence-corrected chi connectivity index (χ4v) is 3.92. The highest BCUT2D eigenvalue weighted by atomic mass is 79.9. The standard InChI is InChI=1S/C25H31BrCl2N2O3/c1-15(2)12-29-25(32)17(5)30(13-18-6-8-21(27)22(28)10-18)24(31)14-33-23-9-7-19(16(3)4)11-20(23)26/h6-11,15-17H,12-14H2,1-5H3,(H,29,32)/t17-/m0/s1. The van der Waals surface area contributed by atoms with E-state index in [9.17, 15) is 9.59 Å². The van der Waals surface area contributed by atoms with Gasteiger partial charge in [-0.1, -0.05) is 63.0 Å². The fraction of sp³-hybridized carbons (Fsp3) is 0.440. The maximum Gasteiger partial charge on any atom is 0.261 e. The molecule has 2 amide bonds. The quantitative estimate of drug-likeness (QED) is 0.365. The first kappa shape index (κ1) is 27.5. The molecule has 2 rings (SSSR count). The molecule has 1 atom stereocenters. The summed E-state index contributed by atoms with van der Waals surface area (Å²) in [5.41, 5.74) is 1.93. The molecule has 0 aliphatic rings. The summed E-state index contributed by atoms with van der Waals surface area (Å²) in [6, 6.07) is 10.3. The molecule has 2 aromatic carbocycles. The Morgan fingerprint density at radius 1 is 1.03 bits per heavy atom. The first-order chi connectivity index (χ1) is 15.5. The third-order valence-corrected chi connectivity index (χ3v) is 6.52. The second-order valence-corrected chi connectivity index (χ2v) is 10.4. The van der Waals surface area contributed by atoms with E-state index in [0.29, 0.717) is 34.2 Å². The van der Waals surface area contributed by atoms with E-state index in [0.717, 1.165) is 15.6 Å². The SMILES string of the molecule is CC(C)CNC(=O)[C@H](C)N(Cc1ccc(Cl)c(Cl)c1)C(=O)COc1ccc(C(C)C)cc1Br. The van der Waals surface area contributed by atoms with Crippen LogP contribution in [0.3, 0.4) is 0 Å². The summed E-state index contributed by atoms with van der Waals surface area (Å²) in [4.78, 5) is 27.4. The van der Waals surface area contributed by atoms with Gasteiger partial charge in [0, 0.05) is 13.1 Å². The predicted octanol–water partition coefficient (Wildman–Crippen LogP) is 6.45. The van der Waals surface area contributed by atoms with Crippen LogP contribution in [0.5, 0.6) is 5.75 Å². The van der Waals surface area contributed by atoms with Crippen molar-refractivity contribution < 1.29 is 14.3 Å². The molecule has 0 aliphatic carbocycles. The van der Waals surface area contributed by atoms with Gasteiger partial charge >= 0.3 is 0 Å². The van der Waals surface area contributed by atoms with Crippen molar-refractivity contribution in [2.24, 2.45) is 5.92 Å². The predicted molar refractivity (Wildman–Crippen MR) is 138 cm³/mol. The Hall–Kier alpha value is -1.76. The normalized spacial score (nSPS) is 12.1. The smallest absolute Gasteiger partial charge is 0.261 e. The number of carbonyl (C=O) groups excluding carboxylic acids is 2. The van der Waals surface area contributed by atoms with E-state index in [-0.39, 0.29) is 25.0 Å². The van der Waals surface area contributed by atoms with Crippen molar-refractivity contribution in [3.8, 4) is 5.75 Å². The average molecular weight is 558 g/mol. The van der Waals surface area contributed by atoms with Crippen molar-refractivity contribution in [2.75, 3.05) is 13.2 Å². The lowest BCUT2D eigenvalue weighted by atomic mass is 10.0. The lowest BCUT2D eigenvalue weighted by molar-refractivity contribution is -0.142. The minimum absolute atomic E-state index is 0.197. The van der Waals surface area contributed by atoms with Crippen LogP contribution in [0.15, 0.2) is 40.9 Å². The third kappa shape index (κ3) is 8.20. The van der Waals surface area contributed by atoms with E-state index in [1.165, 1.54) is 4.90 Å². The van der Waals surface area contributed by atoms with Gasteiger partial charge in [0.05, 0.1) is 14.5 Å². The molecule has 0 spiro atoms. The zero-order chi connectivity index (χ0) is 24.7. The van der Waals surface area contributed by atoms with Gasteiger partial charge in [-0.15, -0.1) is 0 Å². The molecular weight excluding hydrogens is 527 g/mol. The van der Waals surface area contributed by atoms with Gasteiger partial charge in [0.15, 0.2) is 6.61 Å². The lowest BCUT2D eigenvalue weighted by Gasteiger charge is -2.29. The summed E-state index contributed by atoms with van der Waals surface area (Å²) in [6.07, 6.45) is 0. The van der Waals surface area contributed by atoms with Crippen molar-refractivity contribution in [1.29, 1.82) is 0 Å². The highest BCUT2D eigenvalue weighted by Crippen LogP contribution is 2.29. The highest BCUT2D eigenvalue weighted by molar-refractivity contribution is 9.10. The van der Waals surface area contributed by atoms with Crippen LogP contribution in [0.1, 0.15) is 51.7 Å². The Bertz CT molecular complexity index is 982. The Labute approximate surface area is 214 Å². The molecule has 8 heteroatoms. The highest BCUT2D eigenvalue weighted by Gasteiger charge is 2.27. The van der Waals surface area contributed by atoms with Crippen LogP contribution in [-0.4, -0.2) is 35.9 Å². The zero-order valence-corrected chi connectivity index (χ0v) is 22.7. The van der Waals surface area contributed by atoms with E-state index < -0.39 is 6.04 Å². The van der Waals surface area contributed by atoms with Crippen molar-refractivity contribution >= 4 is 50.9 Å². The van der Waals surface area contributed by atoms with E-state index >= 15 is 0 Å². The Morgan fingerprint density at radius 3 is 2.30 bits per heavy atom. The van der Waals surface area contributed by atoms with Gasteiger partial charge in [-0.2, -0.15) is 0 Å². The van der Waals surface area contributed by atoms with Crippen molar-refractivity contribution in [2.45, 2.75) is 53.1 Å². The summed E-state index contributed by atoms with van der Waals surface area (Å²) >= 11 is 15.7. The number of nitrogens with one attached hydrogen (secondary N) is 1. The number of hydrogen-bond acceptors (Lipinski definition) is 3. The van der Waals surface area contributed by atoms with E-state index in [2.05, 4.69) is 35.1 Å². The first-order valence-electron chi connectivity index (χ1n) is 10.9. The number of nitrogens with zero attached hydrogens (tertiary/aromatic N) is 1. The van der Waals surface area contributed by atoms with Crippen molar-refractivity contribution in [3.05, 3.63) is 62.0 Å². The maximum atomic E-state index is 13.2. The number of halogens is 3. The van der Waals surface area contributed by atoms with Crippen LogP contribution >= 0.6 is 39.1 Å². The minimum atomic E-state index is -0.693. The molecular formula is C25H31BrCl2N2O3. The number of hydrogen-bond donors (Lipinski definition) is 1. The molecule has 0 radical (unpaired) electrons. The molecule has 0 heterocycles. The van der Waals surface area contributed by atoms with E-state index in [4.69, 9.17) is 27.9 Å². The lowest BCUT2D eigenvalue weighted by Crippen LogP contribution is -2.49. The Kier molecular flexibility index (Phi) is 10.5. The summed E-state index contributed by atoms with van der Waals surface area (Å²) < 4.78 is 6.58. The fourth-order valence-electron chi connectivity index (χ4n) is 3.09. The molecule has 0 saturated carbocycles. The minimum Gasteiger partial charge on any atom is -0.483 e. The van der Waals surface area contributed by atoms with E-state index in [1.807, 2.05) is 32.0 Å². The zero-order valence-electron chi connectivity index (χ0n) is 19.6. The Balaban J connectivity index is 2.19. The summed E-state index contributed by atoms with van der Waals surface area (Å²) in [7, 11) is 0. The van der Waals surface area contributed by atoms with Gasteiger partial charge in [-0.05, 0) is 70.1 Å². The topological polar surface area (TPSA) is 58.6 Å². The second kappa shape index (κ2) is 12.6. The van der Waals surface area contributed by atoms with Gasteiger partial charge in [-0.3, -0.25) is 9.59 Å².